The standard InChI is InChI=1S/C43H44N10O5/c44-41-38-39(26-7-10-33(11-8-26)58-32-4-2-1-3-5-32)48-53(42(38)46-25-45-41)28-14-16-49(17-15-28)30-20-51(21-30)31-22-50(23-31)29-9-6-27-19-52(35-12-13-37(56)47-43(35)57)40(34(27)18-29)36(55)24-54/h1-11,18,24-25,28,30-31,35,40H,12-17,19-23H2,(H2,44,45,46)(H,47,56,57)/t35-,40?/m0/s1. The number of carbonyl (C=O) groups is 4. The van der Waals surface area contributed by atoms with Gasteiger partial charge in [-0.1, -0.05) is 24.3 Å². The lowest BCUT2D eigenvalue weighted by molar-refractivity contribution is -0.141. The van der Waals surface area contributed by atoms with Gasteiger partial charge in [-0.25, -0.2) is 14.6 Å². The van der Waals surface area contributed by atoms with Crippen molar-refractivity contribution in [3.05, 3.63) is 90.3 Å². The van der Waals surface area contributed by atoms with Crippen LogP contribution in [0.3, 0.4) is 0 Å². The molecule has 0 aliphatic carbocycles. The Morgan fingerprint density at radius 1 is 0.845 bits per heavy atom. The Kier molecular flexibility index (Phi) is 9.22. The molecule has 3 N–H and O–H groups in total. The summed E-state index contributed by atoms with van der Waals surface area (Å²) in [6, 6.07) is 23.4. The number of amides is 2. The predicted octanol–water partition coefficient (Wildman–Crippen LogP) is 3.51. The maximum Gasteiger partial charge on any atom is 0.243 e. The highest BCUT2D eigenvalue weighted by atomic mass is 16.5. The molecule has 1 unspecified atom stereocenters. The highest BCUT2D eigenvalue weighted by molar-refractivity contribution is 6.27. The van der Waals surface area contributed by atoms with Crippen LogP contribution in [0.4, 0.5) is 11.5 Å². The zero-order valence-corrected chi connectivity index (χ0v) is 31.9. The molecular formula is C43H44N10O5. The zero-order chi connectivity index (χ0) is 39.5. The molecular weight excluding hydrogens is 737 g/mol. The van der Waals surface area contributed by atoms with Crippen molar-refractivity contribution in [1.82, 2.24) is 39.8 Å². The molecule has 5 aliphatic heterocycles. The molecule has 3 aromatic carbocycles. The molecule has 5 aliphatic rings. The number of carbonyl (C=O) groups excluding carboxylic acids is 4. The molecule has 2 amide bonds. The normalized spacial score (nSPS) is 22.4. The van der Waals surface area contributed by atoms with E-state index in [2.05, 4.69) is 40.7 Å². The van der Waals surface area contributed by atoms with Gasteiger partial charge in [0.25, 0.3) is 0 Å². The summed E-state index contributed by atoms with van der Waals surface area (Å²) in [6.45, 7) is 6.19. The molecule has 0 radical (unpaired) electrons. The van der Waals surface area contributed by atoms with Crippen molar-refractivity contribution < 1.29 is 23.9 Å². The average Bonchev–Trinajstić information content (AvgIpc) is 3.78. The Morgan fingerprint density at radius 2 is 1.59 bits per heavy atom. The maximum atomic E-state index is 12.9. The van der Waals surface area contributed by atoms with Crippen molar-refractivity contribution in [2.75, 3.05) is 49.9 Å². The zero-order valence-electron chi connectivity index (χ0n) is 31.9. The van der Waals surface area contributed by atoms with Gasteiger partial charge in [0.05, 0.1) is 17.5 Å². The fourth-order valence-electron chi connectivity index (χ4n) is 9.48. The molecule has 0 bridgehead atoms. The van der Waals surface area contributed by atoms with E-state index in [1.54, 1.807) is 4.90 Å². The maximum absolute atomic E-state index is 12.9. The van der Waals surface area contributed by atoms with Gasteiger partial charge in [-0.2, -0.15) is 5.10 Å². The fourth-order valence-corrected chi connectivity index (χ4v) is 9.48. The van der Waals surface area contributed by atoms with Gasteiger partial charge < -0.3 is 15.4 Å². The molecule has 0 saturated carbocycles. The summed E-state index contributed by atoms with van der Waals surface area (Å²) >= 11 is 0. The third-order valence-electron chi connectivity index (χ3n) is 12.7. The fraction of sp³-hybridized carbons (Fsp3) is 0.372. The largest absolute Gasteiger partial charge is 0.457 e. The van der Waals surface area contributed by atoms with Gasteiger partial charge in [0.15, 0.2) is 11.9 Å². The van der Waals surface area contributed by atoms with E-state index in [1.165, 1.54) is 6.33 Å². The molecule has 5 aromatic rings. The van der Waals surface area contributed by atoms with Gasteiger partial charge in [0, 0.05) is 75.6 Å². The van der Waals surface area contributed by atoms with Crippen LogP contribution in [0.15, 0.2) is 79.1 Å². The first-order valence-electron chi connectivity index (χ1n) is 20.1. The Balaban J connectivity index is 0.745. The number of likely N-dealkylation sites (tertiary alicyclic amines) is 2. The number of benzene rings is 3. The molecule has 15 nitrogen and oxygen atoms in total. The minimum absolute atomic E-state index is 0.198. The van der Waals surface area contributed by atoms with E-state index < -0.39 is 23.8 Å². The number of nitrogens with zero attached hydrogens (tertiary/aromatic N) is 8. The van der Waals surface area contributed by atoms with Gasteiger partial charge in [-0.15, -0.1) is 0 Å². The number of Topliss-reactive ketones (excluding diaryl/α,β-unsaturated/α-hetero) is 1. The number of nitrogen functional groups attached to an aromatic ring is 1. The van der Waals surface area contributed by atoms with Crippen LogP contribution in [0, 0.1) is 0 Å². The molecule has 58 heavy (non-hydrogen) atoms. The van der Waals surface area contributed by atoms with E-state index >= 15 is 0 Å². The Morgan fingerprint density at radius 3 is 2.33 bits per heavy atom. The van der Waals surface area contributed by atoms with Crippen LogP contribution >= 0.6 is 0 Å². The quantitative estimate of drug-likeness (QED) is 0.120. The van der Waals surface area contributed by atoms with E-state index in [0.29, 0.717) is 37.2 Å². The summed E-state index contributed by atoms with van der Waals surface area (Å²) in [5.41, 5.74) is 11.6. The predicted molar refractivity (Wildman–Crippen MR) is 215 cm³/mol. The van der Waals surface area contributed by atoms with E-state index in [0.717, 1.165) is 103 Å². The monoisotopic (exact) mass is 780 g/mol. The number of hydrogen-bond acceptors (Lipinski definition) is 13. The lowest BCUT2D eigenvalue weighted by Gasteiger charge is -2.55. The van der Waals surface area contributed by atoms with Crippen molar-refractivity contribution in [1.29, 1.82) is 0 Å². The molecule has 2 aromatic heterocycles. The second-order valence-electron chi connectivity index (χ2n) is 16.1. The topological polar surface area (TPSA) is 172 Å². The molecule has 10 rings (SSSR count). The molecule has 4 fully saturated rings. The SMILES string of the molecule is Nc1ncnc2c1c(-c1ccc(Oc3ccccc3)cc1)nn2C1CCN(C2CN(C3CN(c4ccc5c(c4)C(C(=O)C=O)N([C@H]4CCC(=O)NC4=O)C5)C3)C2)CC1. The van der Waals surface area contributed by atoms with Crippen LogP contribution in [0.5, 0.6) is 11.5 Å². The van der Waals surface area contributed by atoms with E-state index in [1.807, 2.05) is 66.7 Å². The van der Waals surface area contributed by atoms with Crippen molar-refractivity contribution in [2.45, 2.75) is 62.4 Å². The number of aldehydes is 1. The second-order valence-corrected chi connectivity index (χ2v) is 16.1. The molecule has 7 heterocycles. The minimum Gasteiger partial charge on any atom is -0.457 e. The van der Waals surface area contributed by atoms with Crippen LogP contribution in [-0.4, -0.2) is 116 Å². The molecule has 4 saturated heterocycles. The average molecular weight is 781 g/mol. The number of ether oxygens (including phenoxy) is 1. The molecule has 15 heteroatoms. The first-order valence-corrected chi connectivity index (χ1v) is 20.1. The third kappa shape index (κ3) is 6.48. The minimum atomic E-state index is -0.826. The number of anilines is 2. The van der Waals surface area contributed by atoms with E-state index in [9.17, 15) is 19.2 Å². The number of hydrogen-bond donors (Lipinski definition) is 2. The number of para-hydroxylation sites is 1. The lowest BCUT2D eigenvalue weighted by atomic mass is 9.94. The van der Waals surface area contributed by atoms with E-state index in [4.69, 9.17) is 15.6 Å². The van der Waals surface area contributed by atoms with Gasteiger partial charge >= 0.3 is 0 Å². The molecule has 296 valence electrons. The van der Waals surface area contributed by atoms with Gasteiger partial charge in [0.1, 0.15) is 35.4 Å². The van der Waals surface area contributed by atoms with Gasteiger partial charge in [-0.3, -0.25) is 39.2 Å². The van der Waals surface area contributed by atoms with Crippen LogP contribution in [-0.2, 0) is 25.7 Å². The molecule has 2 atom stereocenters. The number of piperidine rings is 2. The Hall–Kier alpha value is -6.03. The number of nitrogens with one attached hydrogen (secondary N) is 1. The first-order chi connectivity index (χ1) is 28.3. The highest BCUT2D eigenvalue weighted by Gasteiger charge is 2.45. The molecule has 0 spiro atoms. The first kappa shape index (κ1) is 36.3. The Bertz CT molecular complexity index is 2400. The summed E-state index contributed by atoms with van der Waals surface area (Å²) in [5.74, 6) is 0.640. The number of aromatic nitrogens is 4. The number of nitrogens with two attached hydrogens (primary N) is 1. The summed E-state index contributed by atoms with van der Waals surface area (Å²) < 4.78 is 8.07. The summed E-state index contributed by atoms with van der Waals surface area (Å²) in [7, 11) is 0. The summed E-state index contributed by atoms with van der Waals surface area (Å²) in [5, 5.41) is 8.27. The van der Waals surface area contributed by atoms with Gasteiger partial charge in [-0.05, 0) is 78.9 Å². The van der Waals surface area contributed by atoms with E-state index in [-0.39, 0.29) is 18.4 Å². The third-order valence-corrected chi connectivity index (χ3v) is 12.7. The summed E-state index contributed by atoms with van der Waals surface area (Å²) in [4.78, 5) is 67.4. The van der Waals surface area contributed by atoms with Crippen LogP contribution < -0.4 is 20.7 Å². The van der Waals surface area contributed by atoms with Crippen molar-refractivity contribution >= 4 is 46.4 Å². The smallest absolute Gasteiger partial charge is 0.243 e. The number of imide groups is 1. The lowest BCUT2D eigenvalue weighted by Crippen LogP contribution is -2.70. The number of fused-ring (bicyclic) bond motifs is 2. The van der Waals surface area contributed by atoms with Crippen LogP contribution in [0.2, 0.25) is 0 Å². The number of rotatable bonds is 10. The van der Waals surface area contributed by atoms with Crippen molar-refractivity contribution in [3.63, 3.8) is 0 Å². The van der Waals surface area contributed by atoms with Gasteiger partial charge in [0.2, 0.25) is 17.6 Å². The highest BCUT2D eigenvalue weighted by Crippen LogP contribution is 2.41. The summed E-state index contributed by atoms with van der Waals surface area (Å²) in [6.07, 6.45) is 4.32. The second kappa shape index (κ2) is 14.7. The van der Waals surface area contributed by atoms with Crippen molar-refractivity contribution in [3.8, 4) is 22.8 Å². The van der Waals surface area contributed by atoms with Crippen LogP contribution in [0.1, 0.15) is 48.9 Å². The number of ketones is 1. The van der Waals surface area contributed by atoms with Crippen molar-refractivity contribution in [2.24, 2.45) is 0 Å². The van der Waals surface area contributed by atoms with Crippen LogP contribution in [0.25, 0.3) is 22.3 Å². The Labute approximate surface area is 334 Å².